The molecule has 26 heavy (non-hydrogen) atoms. The molecule has 1 heterocycles. The molecule has 0 aromatic rings. The number of aliphatic imine (C=N–C) groups is 1. The van der Waals surface area contributed by atoms with Crippen LogP contribution in [0.3, 0.4) is 0 Å². The molecule has 2 fully saturated rings. The Labute approximate surface area is 180 Å². The van der Waals surface area contributed by atoms with Crippen LogP contribution in [-0.2, 0) is 10.8 Å². The topological polar surface area (TPSA) is 56.7 Å². The zero-order chi connectivity index (χ0) is 18.3. The minimum Gasteiger partial charge on any atom is -0.355 e. The smallest absolute Gasteiger partial charge is 0.191 e. The highest BCUT2D eigenvalue weighted by atomic mass is 127. The van der Waals surface area contributed by atoms with Gasteiger partial charge in [-0.15, -0.1) is 24.0 Å². The number of hydrogen-bond acceptors (Lipinski definition) is 3. The second-order valence-corrected chi connectivity index (χ2v) is 10.7. The molecule has 7 heteroatoms. The summed E-state index contributed by atoms with van der Waals surface area (Å²) in [7, 11) is 0.991. The van der Waals surface area contributed by atoms with E-state index in [1.54, 1.807) is 0 Å². The number of guanidine groups is 1. The summed E-state index contributed by atoms with van der Waals surface area (Å²) in [5.41, 5.74) is 0. The molecule has 5 nitrogen and oxygen atoms in total. The highest BCUT2D eigenvalue weighted by molar-refractivity contribution is 14.0. The first-order valence-electron chi connectivity index (χ1n) is 10.00. The lowest BCUT2D eigenvalue weighted by molar-refractivity contribution is 0.119. The van der Waals surface area contributed by atoms with Crippen molar-refractivity contribution in [2.24, 2.45) is 4.99 Å². The first-order chi connectivity index (χ1) is 11.9. The molecule has 1 atom stereocenters. The van der Waals surface area contributed by atoms with E-state index >= 15 is 0 Å². The summed E-state index contributed by atoms with van der Waals surface area (Å²) in [6.45, 7) is 9.17. The van der Waals surface area contributed by atoms with E-state index in [1.165, 1.54) is 58.0 Å². The van der Waals surface area contributed by atoms with Gasteiger partial charge in [0, 0.05) is 60.1 Å². The van der Waals surface area contributed by atoms with Gasteiger partial charge < -0.3 is 15.5 Å². The van der Waals surface area contributed by atoms with Gasteiger partial charge in [-0.25, -0.2) is 0 Å². The summed E-state index contributed by atoms with van der Waals surface area (Å²) in [6.07, 6.45) is 9.41. The van der Waals surface area contributed by atoms with Crippen molar-refractivity contribution in [1.82, 2.24) is 15.5 Å². The molecule has 0 spiro atoms. The fourth-order valence-electron chi connectivity index (χ4n) is 3.81. The molecule has 2 N–H and O–H groups in total. The Bertz CT molecular complexity index is 453. The SMILES string of the molecule is CN=C(NCCS(=O)C(C)(C)C)NC1CCN(C2CCCCC2)CC1.I. The van der Waals surface area contributed by atoms with Gasteiger partial charge in [-0.3, -0.25) is 9.20 Å². The van der Waals surface area contributed by atoms with Gasteiger partial charge in [0.1, 0.15) is 0 Å². The van der Waals surface area contributed by atoms with Crippen LogP contribution in [0.5, 0.6) is 0 Å². The highest BCUT2D eigenvalue weighted by Gasteiger charge is 2.26. The molecule has 1 aliphatic heterocycles. The van der Waals surface area contributed by atoms with Crippen molar-refractivity contribution in [2.45, 2.75) is 82.5 Å². The molecule has 1 saturated carbocycles. The largest absolute Gasteiger partial charge is 0.355 e. The quantitative estimate of drug-likeness (QED) is 0.348. The Kier molecular flexibility index (Phi) is 11.0. The van der Waals surface area contributed by atoms with E-state index in [-0.39, 0.29) is 28.7 Å². The van der Waals surface area contributed by atoms with Gasteiger partial charge in [0.25, 0.3) is 0 Å². The minimum atomic E-state index is -0.822. The summed E-state index contributed by atoms with van der Waals surface area (Å²) >= 11 is 0. The van der Waals surface area contributed by atoms with Gasteiger partial charge in [-0.1, -0.05) is 19.3 Å². The maximum absolute atomic E-state index is 12.1. The zero-order valence-electron chi connectivity index (χ0n) is 17.1. The summed E-state index contributed by atoms with van der Waals surface area (Å²) in [6, 6.07) is 1.33. The number of nitrogens with zero attached hydrogens (tertiary/aromatic N) is 2. The Balaban J connectivity index is 0.00000338. The number of nitrogens with one attached hydrogen (secondary N) is 2. The number of halogens is 1. The van der Waals surface area contributed by atoms with Gasteiger partial charge in [-0.2, -0.15) is 0 Å². The lowest BCUT2D eigenvalue weighted by atomic mass is 9.92. The van der Waals surface area contributed by atoms with E-state index in [2.05, 4.69) is 20.5 Å². The summed E-state index contributed by atoms with van der Waals surface area (Å²) in [5.74, 6) is 1.51. The fourth-order valence-corrected chi connectivity index (χ4v) is 4.71. The first kappa shape index (κ1) is 24.1. The number of rotatable bonds is 5. The predicted molar refractivity (Wildman–Crippen MR) is 124 cm³/mol. The summed E-state index contributed by atoms with van der Waals surface area (Å²) in [5, 5.41) is 6.88. The average molecular weight is 499 g/mol. The van der Waals surface area contributed by atoms with Crippen LogP contribution in [0, 0.1) is 0 Å². The molecule has 0 bridgehead atoms. The van der Waals surface area contributed by atoms with Crippen molar-refractivity contribution in [3.8, 4) is 0 Å². The normalized spacial score (nSPS) is 22.5. The van der Waals surface area contributed by atoms with E-state index in [4.69, 9.17) is 0 Å². The Morgan fingerprint density at radius 3 is 2.27 bits per heavy atom. The average Bonchev–Trinajstić information content (AvgIpc) is 2.61. The van der Waals surface area contributed by atoms with Gasteiger partial charge in [0.2, 0.25) is 0 Å². The van der Waals surface area contributed by atoms with Gasteiger partial charge in [-0.05, 0) is 46.5 Å². The molecule has 154 valence electrons. The van der Waals surface area contributed by atoms with E-state index in [0.717, 1.165) is 12.0 Å². The van der Waals surface area contributed by atoms with Crippen molar-refractivity contribution in [1.29, 1.82) is 0 Å². The zero-order valence-corrected chi connectivity index (χ0v) is 20.2. The maximum atomic E-state index is 12.1. The fraction of sp³-hybridized carbons (Fsp3) is 0.947. The third-order valence-electron chi connectivity index (χ3n) is 5.45. The maximum Gasteiger partial charge on any atom is 0.191 e. The molecule has 0 radical (unpaired) electrons. The molecule has 0 aromatic heterocycles. The predicted octanol–water partition coefficient (Wildman–Crippen LogP) is 3.11. The van der Waals surface area contributed by atoms with Crippen LogP contribution in [-0.4, -0.2) is 64.3 Å². The van der Waals surface area contributed by atoms with Crippen LogP contribution < -0.4 is 10.6 Å². The van der Waals surface area contributed by atoms with Crippen LogP contribution in [0.15, 0.2) is 4.99 Å². The molecule has 1 unspecified atom stereocenters. The van der Waals surface area contributed by atoms with E-state index in [0.29, 0.717) is 18.3 Å². The van der Waals surface area contributed by atoms with Gasteiger partial charge in [0.05, 0.1) is 0 Å². The third-order valence-corrected chi connectivity index (χ3v) is 7.39. The van der Waals surface area contributed by atoms with Crippen LogP contribution in [0.25, 0.3) is 0 Å². The van der Waals surface area contributed by atoms with Crippen LogP contribution in [0.4, 0.5) is 0 Å². The van der Waals surface area contributed by atoms with E-state index in [1.807, 2.05) is 27.8 Å². The van der Waals surface area contributed by atoms with Crippen molar-refractivity contribution >= 4 is 40.7 Å². The van der Waals surface area contributed by atoms with Crippen molar-refractivity contribution in [3.63, 3.8) is 0 Å². The monoisotopic (exact) mass is 498 g/mol. The first-order valence-corrected chi connectivity index (χ1v) is 11.3. The number of likely N-dealkylation sites (tertiary alicyclic amines) is 1. The molecular weight excluding hydrogens is 459 g/mol. The Hall–Kier alpha value is 0.110. The molecule has 1 saturated heterocycles. The van der Waals surface area contributed by atoms with E-state index in [9.17, 15) is 4.21 Å². The molecule has 1 aliphatic carbocycles. The third kappa shape index (κ3) is 8.00. The Morgan fingerprint density at radius 1 is 1.12 bits per heavy atom. The Morgan fingerprint density at radius 2 is 1.73 bits per heavy atom. The highest BCUT2D eigenvalue weighted by Crippen LogP contribution is 2.25. The minimum absolute atomic E-state index is 0. The molecule has 0 aromatic carbocycles. The van der Waals surface area contributed by atoms with Crippen LogP contribution >= 0.6 is 24.0 Å². The van der Waals surface area contributed by atoms with Crippen molar-refractivity contribution in [3.05, 3.63) is 0 Å². The van der Waals surface area contributed by atoms with Crippen molar-refractivity contribution in [2.75, 3.05) is 32.4 Å². The lowest BCUT2D eigenvalue weighted by Gasteiger charge is -2.39. The standard InChI is InChI=1S/C19H38N4OS.HI/c1-19(2,3)25(24)15-12-21-18(20-4)22-16-10-13-23(14-11-16)17-8-6-5-7-9-17;/h16-17H,5-15H2,1-4H3,(H2,20,21,22);1H. The molecular formula is C19H39IN4OS. The molecule has 0 amide bonds. The van der Waals surface area contributed by atoms with Crippen LogP contribution in [0.2, 0.25) is 0 Å². The lowest BCUT2D eigenvalue weighted by Crippen LogP contribution is -2.51. The second kappa shape index (κ2) is 11.8. The van der Waals surface area contributed by atoms with Gasteiger partial charge in [0.15, 0.2) is 5.96 Å². The van der Waals surface area contributed by atoms with Crippen LogP contribution in [0.1, 0.15) is 65.7 Å². The molecule has 2 aliphatic rings. The van der Waals surface area contributed by atoms with E-state index < -0.39 is 10.8 Å². The molecule has 2 rings (SSSR count). The summed E-state index contributed by atoms with van der Waals surface area (Å²) in [4.78, 5) is 7.04. The van der Waals surface area contributed by atoms with Gasteiger partial charge >= 0.3 is 0 Å². The second-order valence-electron chi connectivity index (χ2n) is 8.41. The number of piperidine rings is 1. The summed E-state index contributed by atoms with van der Waals surface area (Å²) < 4.78 is 12.0. The van der Waals surface area contributed by atoms with Crippen molar-refractivity contribution < 1.29 is 4.21 Å². The number of hydrogen-bond donors (Lipinski definition) is 2.